The van der Waals surface area contributed by atoms with Gasteiger partial charge in [0, 0.05) is 5.56 Å². The molecule has 0 aliphatic carbocycles. The van der Waals surface area contributed by atoms with Crippen LogP contribution in [-0.2, 0) is 4.79 Å². The van der Waals surface area contributed by atoms with Crippen molar-refractivity contribution in [3.63, 3.8) is 0 Å². The number of nitrogens with two attached hydrogens (primary N) is 1. The fraction of sp³-hybridized carbons (Fsp3) is 0.250. The van der Waals surface area contributed by atoms with Crippen molar-refractivity contribution in [1.29, 1.82) is 0 Å². The molecule has 1 aromatic heterocycles. The lowest BCUT2D eigenvalue weighted by Gasteiger charge is -2.02. The monoisotopic (exact) mass is 278 g/mol. The van der Waals surface area contributed by atoms with Crippen molar-refractivity contribution in [2.24, 2.45) is 5.73 Å². The molecule has 3 N–H and O–H groups in total. The Hall–Kier alpha value is -1.99. The zero-order chi connectivity index (χ0) is 13.8. The van der Waals surface area contributed by atoms with Gasteiger partial charge in [-0.2, -0.15) is 0 Å². The molecular weight excluding hydrogens is 264 g/mol. The highest BCUT2D eigenvalue weighted by molar-refractivity contribution is 7.18. The van der Waals surface area contributed by atoms with Crippen molar-refractivity contribution >= 4 is 22.4 Å². The fourth-order valence-corrected chi connectivity index (χ4v) is 2.10. The van der Waals surface area contributed by atoms with Gasteiger partial charge in [-0.05, 0) is 31.2 Å². The molecule has 7 heteroatoms. The van der Waals surface area contributed by atoms with E-state index in [2.05, 4.69) is 15.5 Å². The van der Waals surface area contributed by atoms with E-state index in [1.807, 2.05) is 24.3 Å². The molecule has 0 radical (unpaired) electrons. The van der Waals surface area contributed by atoms with E-state index >= 15 is 0 Å². The smallest absolute Gasteiger partial charge is 0.242 e. The zero-order valence-corrected chi connectivity index (χ0v) is 11.4. The van der Waals surface area contributed by atoms with Gasteiger partial charge in [-0.3, -0.25) is 10.1 Å². The number of aromatic nitrogens is 2. The number of carbonyl (C=O) groups is 1. The van der Waals surface area contributed by atoms with Gasteiger partial charge in [0.15, 0.2) is 0 Å². The summed E-state index contributed by atoms with van der Waals surface area (Å²) < 4.78 is 5.09. The summed E-state index contributed by atoms with van der Waals surface area (Å²) in [5.74, 6) is 0.496. The summed E-state index contributed by atoms with van der Waals surface area (Å²) >= 11 is 1.29. The van der Waals surface area contributed by atoms with Crippen LogP contribution in [0.5, 0.6) is 5.75 Å². The lowest BCUT2D eigenvalue weighted by atomic mass is 10.2. The largest absolute Gasteiger partial charge is 0.497 e. The predicted octanol–water partition coefficient (Wildman–Crippen LogP) is 1.50. The van der Waals surface area contributed by atoms with Crippen molar-refractivity contribution < 1.29 is 9.53 Å². The molecule has 2 aromatic rings. The zero-order valence-electron chi connectivity index (χ0n) is 10.6. The Balaban J connectivity index is 2.13. The second kappa shape index (κ2) is 5.77. The minimum atomic E-state index is -0.576. The molecule has 0 bridgehead atoms. The van der Waals surface area contributed by atoms with Gasteiger partial charge in [-0.1, -0.05) is 11.3 Å². The Bertz CT molecular complexity index is 565. The highest BCUT2D eigenvalue weighted by Gasteiger charge is 2.12. The molecule has 0 spiro atoms. The summed E-state index contributed by atoms with van der Waals surface area (Å²) in [6, 6.07) is 6.88. The molecule has 1 heterocycles. The van der Waals surface area contributed by atoms with E-state index in [9.17, 15) is 4.79 Å². The van der Waals surface area contributed by atoms with Crippen LogP contribution < -0.4 is 15.8 Å². The summed E-state index contributed by atoms with van der Waals surface area (Å²) in [4.78, 5) is 11.4. The van der Waals surface area contributed by atoms with Crippen LogP contribution in [0.4, 0.5) is 5.13 Å². The highest BCUT2D eigenvalue weighted by Crippen LogP contribution is 2.27. The molecule has 0 aliphatic rings. The van der Waals surface area contributed by atoms with Gasteiger partial charge in [0.05, 0.1) is 13.2 Å². The molecule has 0 aliphatic heterocycles. The minimum absolute atomic E-state index is 0.280. The number of nitrogens with zero attached hydrogens (tertiary/aromatic N) is 2. The molecular formula is C12H14N4O2S. The second-order valence-corrected chi connectivity index (χ2v) is 4.90. The first-order chi connectivity index (χ1) is 9.10. The number of ether oxygens (including phenoxy) is 1. The third kappa shape index (κ3) is 3.27. The van der Waals surface area contributed by atoms with Crippen LogP contribution in [0.2, 0.25) is 0 Å². The van der Waals surface area contributed by atoms with Crippen LogP contribution in [-0.4, -0.2) is 29.3 Å². The summed E-state index contributed by atoms with van der Waals surface area (Å²) in [7, 11) is 1.61. The van der Waals surface area contributed by atoms with E-state index in [1.165, 1.54) is 11.3 Å². The van der Waals surface area contributed by atoms with Crippen LogP contribution in [0.3, 0.4) is 0 Å². The molecule has 100 valence electrons. The summed E-state index contributed by atoms with van der Waals surface area (Å²) in [6.45, 7) is 1.61. The van der Waals surface area contributed by atoms with Crippen molar-refractivity contribution in [2.75, 3.05) is 12.4 Å². The topological polar surface area (TPSA) is 90.1 Å². The Kier molecular flexibility index (Phi) is 4.08. The first-order valence-corrected chi connectivity index (χ1v) is 6.46. The maximum absolute atomic E-state index is 11.4. The molecule has 1 amide bonds. The van der Waals surface area contributed by atoms with Crippen LogP contribution in [0.1, 0.15) is 6.92 Å². The minimum Gasteiger partial charge on any atom is -0.497 e. The summed E-state index contributed by atoms with van der Waals surface area (Å²) in [5.41, 5.74) is 6.38. The average Bonchev–Trinajstić information content (AvgIpc) is 2.87. The third-order valence-corrected chi connectivity index (χ3v) is 3.29. The molecule has 0 unspecified atom stereocenters. The first-order valence-electron chi connectivity index (χ1n) is 5.64. The second-order valence-electron chi connectivity index (χ2n) is 3.92. The molecule has 1 atom stereocenters. The van der Waals surface area contributed by atoms with E-state index in [0.29, 0.717) is 5.13 Å². The Morgan fingerprint density at radius 2 is 2.05 bits per heavy atom. The van der Waals surface area contributed by atoms with E-state index < -0.39 is 6.04 Å². The van der Waals surface area contributed by atoms with Gasteiger partial charge in [0.1, 0.15) is 10.8 Å². The number of methoxy groups -OCH3 is 1. The van der Waals surface area contributed by atoms with Crippen LogP contribution in [0.15, 0.2) is 24.3 Å². The number of amides is 1. The maximum atomic E-state index is 11.4. The average molecular weight is 278 g/mol. The number of carbonyl (C=O) groups excluding carboxylic acids is 1. The molecule has 0 saturated carbocycles. The van der Waals surface area contributed by atoms with Crippen molar-refractivity contribution in [2.45, 2.75) is 13.0 Å². The number of benzene rings is 1. The molecule has 19 heavy (non-hydrogen) atoms. The SMILES string of the molecule is COc1ccc(-c2nnc(NC(=O)[C@H](C)N)s2)cc1. The lowest BCUT2D eigenvalue weighted by Crippen LogP contribution is -2.32. The summed E-state index contributed by atoms with van der Waals surface area (Å²) in [6.07, 6.45) is 0. The maximum Gasteiger partial charge on any atom is 0.242 e. The van der Waals surface area contributed by atoms with E-state index in [4.69, 9.17) is 10.5 Å². The molecule has 1 aromatic carbocycles. The normalized spacial score (nSPS) is 11.9. The van der Waals surface area contributed by atoms with Crippen molar-refractivity contribution in [3.05, 3.63) is 24.3 Å². The number of hydrogen-bond donors (Lipinski definition) is 2. The highest BCUT2D eigenvalue weighted by atomic mass is 32.1. The number of rotatable bonds is 4. The Morgan fingerprint density at radius 3 is 2.63 bits per heavy atom. The van der Waals surface area contributed by atoms with Crippen LogP contribution in [0, 0.1) is 0 Å². The van der Waals surface area contributed by atoms with Crippen LogP contribution >= 0.6 is 11.3 Å². The Morgan fingerprint density at radius 1 is 1.37 bits per heavy atom. The fourth-order valence-electron chi connectivity index (χ4n) is 1.34. The van der Waals surface area contributed by atoms with Gasteiger partial charge in [0.25, 0.3) is 0 Å². The van der Waals surface area contributed by atoms with Gasteiger partial charge < -0.3 is 10.5 Å². The number of anilines is 1. The third-order valence-electron chi connectivity index (χ3n) is 2.41. The molecule has 0 saturated heterocycles. The van der Waals surface area contributed by atoms with Gasteiger partial charge >= 0.3 is 0 Å². The van der Waals surface area contributed by atoms with Crippen molar-refractivity contribution in [3.8, 4) is 16.3 Å². The van der Waals surface area contributed by atoms with Crippen molar-refractivity contribution in [1.82, 2.24) is 10.2 Å². The van der Waals surface area contributed by atoms with Gasteiger partial charge in [0.2, 0.25) is 11.0 Å². The standard InChI is InChI=1S/C12H14N4O2S/c1-7(13)10(17)14-12-16-15-11(19-12)8-3-5-9(18-2)6-4-8/h3-7H,13H2,1-2H3,(H,14,16,17)/t7-/m0/s1. The first kappa shape index (κ1) is 13.4. The van der Waals surface area contributed by atoms with Crippen LogP contribution in [0.25, 0.3) is 10.6 Å². The molecule has 2 rings (SSSR count). The Labute approximate surface area is 114 Å². The van der Waals surface area contributed by atoms with E-state index in [1.54, 1.807) is 14.0 Å². The quantitative estimate of drug-likeness (QED) is 0.884. The van der Waals surface area contributed by atoms with E-state index in [-0.39, 0.29) is 5.91 Å². The lowest BCUT2D eigenvalue weighted by molar-refractivity contribution is -0.117. The molecule has 6 nitrogen and oxygen atoms in total. The van der Waals surface area contributed by atoms with Gasteiger partial charge in [-0.25, -0.2) is 0 Å². The van der Waals surface area contributed by atoms with E-state index in [0.717, 1.165) is 16.3 Å². The predicted molar refractivity (Wildman–Crippen MR) is 74.2 cm³/mol. The number of nitrogens with one attached hydrogen (secondary N) is 1. The van der Waals surface area contributed by atoms with Gasteiger partial charge in [-0.15, -0.1) is 10.2 Å². The summed E-state index contributed by atoms with van der Waals surface area (Å²) in [5, 5.41) is 11.7. The number of hydrogen-bond acceptors (Lipinski definition) is 6. The molecule has 0 fully saturated rings.